The van der Waals surface area contributed by atoms with Crippen LogP contribution < -0.4 is 0 Å². The maximum absolute atomic E-state index is 6.70. The SMILES string of the molecule is C1=Cc2cccc(-c3cc(-n4c5ccccc5c5ccc(-c6ccc7c8ccccc8n(-c8ccccc8)c7c6)cc54)c4c(c3)oc3ccccc34)c2CC1. The first-order valence-electron chi connectivity index (χ1n) is 19.2. The van der Waals surface area contributed by atoms with Gasteiger partial charge < -0.3 is 13.6 Å². The molecule has 12 rings (SSSR count). The number of allylic oxidation sites excluding steroid dienone is 1. The van der Waals surface area contributed by atoms with E-state index in [4.69, 9.17) is 4.42 Å². The molecule has 3 heteroatoms. The number of furan rings is 1. The second-order valence-corrected chi connectivity index (χ2v) is 14.8. The summed E-state index contributed by atoms with van der Waals surface area (Å²) in [6.45, 7) is 0. The number of rotatable bonds is 4. The molecule has 0 radical (unpaired) electrons. The minimum absolute atomic E-state index is 0.900. The lowest BCUT2D eigenvalue weighted by Gasteiger charge is -2.18. The van der Waals surface area contributed by atoms with Gasteiger partial charge in [0.2, 0.25) is 0 Å². The van der Waals surface area contributed by atoms with Gasteiger partial charge in [-0.3, -0.25) is 0 Å². The number of para-hydroxylation sites is 4. The molecule has 1 aliphatic carbocycles. The van der Waals surface area contributed by atoms with Gasteiger partial charge in [0.1, 0.15) is 11.2 Å². The highest BCUT2D eigenvalue weighted by molar-refractivity contribution is 6.16. The molecule has 258 valence electrons. The van der Waals surface area contributed by atoms with Gasteiger partial charge in [0, 0.05) is 32.6 Å². The molecule has 55 heavy (non-hydrogen) atoms. The largest absolute Gasteiger partial charge is 0.456 e. The highest BCUT2D eigenvalue weighted by Gasteiger charge is 2.22. The lowest BCUT2D eigenvalue weighted by molar-refractivity contribution is 0.669. The van der Waals surface area contributed by atoms with E-state index in [9.17, 15) is 0 Å². The minimum atomic E-state index is 0.900. The van der Waals surface area contributed by atoms with E-state index in [1.165, 1.54) is 77.0 Å². The molecule has 0 fully saturated rings. The van der Waals surface area contributed by atoms with Gasteiger partial charge in [-0.2, -0.15) is 0 Å². The summed E-state index contributed by atoms with van der Waals surface area (Å²) >= 11 is 0. The fourth-order valence-corrected chi connectivity index (χ4v) is 9.33. The molecule has 0 atom stereocenters. The van der Waals surface area contributed by atoms with Crippen LogP contribution in [0.4, 0.5) is 0 Å². The quantitative estimate of drug-likeness (QED) is 0.179. The summed E-state index contributed by atoms with van der Waals surface area (Å²) in [5.41, 5.74) is 16.4. The van der Waals surface area contributed by atoms with Crippen LogP contribution in [0, 0.1) is 0 Å². The van der Waals surface area contributed by atoms with E-state index in [0.29, 0.717) is 0 Å². The van der Waals surface area contributed by atoms with Crippen molar-refractivity contribution in [3.8, 4) is 33.6 Å². The Labute approximate surface area is 317 Å². The van der Waals surface area contributed by atoms with E-state index in [0.717, 1.165) is 46.2 Å². The highest BCUT2D eigenvalue weighted by atomic mass is 16.3. The van der Waals surface area contributed by atoms with Gasteiger partial charge in [0.15, 0.2) is 0 Å². The fraction of sp³-hybridized carbons (Fsp3) is 0.0385. The molecule has 0 aliphatic heterocycles. The number of hydrogen-bond acceptors (Lipinski definition) is 1. The van der Waals surface area contributed by atoms with Crippen molar-refractivity contribution in [1.82, 2.24) is 9.13 Å². The number of hydrogen-bond donors (Lipinski definition) is 0. The molecule has 0 unspecified atom stereocenters. The molecule has 3 heterocycles. The van der Waals surface area contributed by atoms with Crippen molar-refractivity contribution in [3.63, 3.8) is 0 Å². The molecule has 0 amide bonds. The monoisotopic (exact) mass is 702 g/mol. The summed E-state index contributed by atoms with van der Waals surface area (Å²) in [6, 6.07) is 62.0. The molecule has 0 saturated carbocycles. The zero-order chi connectivity index (χ0) is 36.0. The predicted molar refractivity (Wildman–Crippen MR) is 231 cm³/mol. The van der Waals surface area contributed by atoms with Crippen LogP contribution in [-0.4, -0.2) is 9.13 Å². The Hall–Kier alpha value is -7.10. The van der Waals surface area contributed by atoms with E-state index in [1.807, 2.05) is 0 Å². The smallest absolute Gasteiger partial charge is 0.138 e. The number of nitrogens with zero attached hydrogens (tertiary/aromatic N) is 2. The summed E-state index contributed by atoms with van der Waals surface area (Å²) in [7, 11) is 0. The third-order valence-corrected chi connectivity index (χ3v) is 11.8. The Kier molecular flexibility index (Phi) is 6.46. The lowest BCUT2D eigenvalue weighted by Crippen LogP contribution is -1.99. The predicted octanol–water partition coefficient (Wildman–Crippen LogP) is 14.1. The van der Waals surface area contributed by atoms with Crippen LogP contribution in [0.25, 0.3) is 105 Å². The maximum atomic E-state index is 6.70. The summed E-state index contributed by atoms with van der Waals surface area (Å²) in [6.07, 6.45) is 6.64. The molecule has 11 aromatic rings. The van der Waals surface area contributed by atoms with Crippen molar-refractivity contribution in [3.05, 3.63) is 187 Å². The second kappa shape index (κ2) is 11.7. The number of benzene rings is 8. The number of fused-ring (bicyclic) bond motifs is 10. The van der Waals surface area contributed by atoms with Crippen molar-refractivity contribution < 1.29 is 4.42 Å². The van der Waals surface area contributed by atoms with Gasteiger partial charge in [0.25, 0.3) is 0 Å². The molecule has 0 spiro atoms. The Balaban J connectivity index is 1.14. The summed E-state index contributed by atoms with van der Waals surface area (Å²) < 4.78 is 11.6. The van der Waals surface area contributed by atoms with Crippen LogP contribution in [0.2, 0.25) is 0 Å². The van der Waals surface area contributed by atoms with Gasteiger partial charge >= 0.3 is 0 Å². The Morgan fingerprint density at radius 2 is 1.07 bits per heavy atom. The zero-order valence-corrected chi connectivity index (χ0v) is 30.0. The van der Waals surface area contributed by atoms with E-state index >= 15 is 0 Å². The molecule has 8 aromatic carbocycles. The molecule has 3 aromatic heterocycles. The maximum Gasteiger partial charge on any atom is 0.138 e. The zero-order valence-electron chi connectivity index (χ0n) is 30.0. The van der Waals surface area contributed by atoms with Crippen LogP contribution in [-0.2, 0) is 6.42 Å². The van der Waals surface area contributed by atoms with E-state index in [1.54, 1.807) is 0 Å². The topological polar surface area (TPSA) is 23.0 Å². The summed E-state index contributed by atoms with van der Waals surface area (Å²) in [5, 5.41) is 7.23. The van der Waals surface area contributed by atoms with Crippen molar-refractivity contribution in [1.29, 1.82) is 0 Å². The first-order valence-corrected chi connectivity index (χ1v) is 19.2. The van der Waals surface area contributed by atoms with Crippen molar-refractivity contribution in [2.24, 2.45) is 0 Å². The van der Waals surface area contributed by atoms with Gasteiger partial charge in [0.05, 0.1) is 33.1 Å². The van der Waals surface area contributed by atoms with E-state index < -0.39 is 0 Å². The average molecular weight is 703 g/mol. The first kappa shape index (κ1) is 30.4. The summed E-state index contributed by atoms with van der Waals surface area (Å²) in [4.78, 5) is 0. The van der Waals surface area contributed by atoms with Gasteiger partial charge in [-0.05, 0) is 101 Å². The van der Waals surface area contributed by atoms with Crippen molar-refractivity contribution >= 4 is 71.6 Å². The summed E-state index contributed by atoms with van der Waals surface area (Å²) in [5.74, 6) is 0. The molecule has 1 aliphatic rings. The Morgan fingerprint density at radius 1 is 0.436 bits per heavy atom. The standard InChI is InChI=1S/C52H34N2O/c1-2-15-37(16-3-1)53-45-22-9-6-18-40(45)42-27-25-34(29-47(42)53)35-26-28-43-41-19-7-10-23-46(41)54(48(43)30-35)49-31-36(39-21-12-14-33-13-4-5-17-38(33)39)32-51-52(49)44-20-8-11-24-50(44)55-51/h1-4,6-16,18-32H,5,17H2. The average Bonchev–Trinajstić information content (AvgIpc) is 3.90. The van der Waals surface area contributed by atoms with Crippen LogP contribution in [0.1, 0.15) is 17.5 Å². The van der Waals surface area contributed by atoms with Crippen LogP contribution in [0.5, 0.6) is 0 Å². The third kappa shape index (κ3) is 4.50. The number of aromatic nitrogens is 2. The first-order chi connectivity index (χ1) is 27.3. The van der Waals surface area contributed by atoms with Gasteiger partial charge in [-0.15, -0.1) is 0 Å². The minimum Gasteiger partial charge on any atom is -0.456 e. The Bertz CT molecular complexity index is 3370. The second-order valence-electron chi connectivity index (χ2n) is 14.8. The molecule has 3 nitrogen and oxygen atoms in total. The molecular formula is C52H34N2O. The lowest BCUT2D eigenvalue weighted by atomic mass is 9.89. The van der Waals surface area contributed by atoms with Crippen LogP contribution in [0.15, 0.2) is 180 Å². The van der Waals surface area contributed by atoms with Crippen molar-refractivity contribution in [2.45, 2.75) is 12.8 Å². The van der Waals surface area contributed by atoms with Gasteiger partial charge in [-0.1, -0.05) is 127 Å². The highest BCUT2D eigenvalue weighted by Crippen LogP contribution is 2.43. The van der Waals surface area contributed by atoms with E-state index in [-0.39, 0.29) is 0 Å². The molecule has 0 bridgehead atoms. The normalized spacial score (nSPS) is 12.9. The van der Waals surface area contributed by atoms with E-state index in [2.05, 4.69) is 191 Å². The van der Waals surface area contributed by atoms with Crippen molar-refractivity contribution in [2.75, 3.05) is 0 Å². The van der Waals surface area contributed by atoms with Crippen LogP contribution >= 0.6 is 0 Å². The Morgan fingerprint density at radius 3 is 1.84 bits per heavy atom. The molecule has 0 saturated heterocycles. The molecular weight excluding hydrogens is 669 g/mol. The fourth-order valence-electron chi connectivity index (χ4n) is 9.33. The van der Waals surface area contributed by atoms with Gasteiger partial charge in [-0.25, -0.2) is 0 Å². The molecule has 0 N–H and O–H groups in total. The van der Waals surface area contributed by atoms with Crippen LogP contribution in [0.3, 0.4) is 0 Å². The third-order valence-electron chi connectivity index (χ3n) is 11.8.